The summed E-state index contributed by atoms with van der Waals surface area (Å²) in [4.78, 5) is 24.7. The first-order chi connectivity index (χ1) is 15.6. The van der Waals surface area contributed by atoms with Crippen LogP contribution in [-0.2, 0) is 15.9 Å². The second kappa shape index (κ2) is 11.0. The van der Waals surface area contributed by atoms with Crippen molar-refractivity contribution in [2.75, 3.05) is 13.2 Å². The molecule has 6 heteroatoms. The molecule has 0 aromatic heterocycles. The highest BCUT2D eigenvalue weighted by atomic mass is 16.7. The van der Waals surface area contributed by atoms with Gasteiger partial charge in [-0.1, -0.05) is 55.5 Å². The number of ether oxygens (including phenoxy) is 4. The van der Waals surface area contributed by atoms with Gasteiger partial charge in [0.15, 0.2) is 0 Å². The third-order valence-corrected chi connectivity index (χ3v) is 4.85. The lowest BCUT2D eigenvalue weighted by Crippen LogP contribution is -2.13. The first-order valence-corrected chi connectivity index (χ1v) is 10.5. The molecule has 3 aromatic carbocycles. The van der Waals surface area contributed by atoms with Crippen molar-refractivity contribution in [2.24, 2.45) is 0 Å². The quantitative estimate of drug-likeness (QED) is 0.122. The van der Waals surface area contributed by atoms with Gasteiger partial charge in [0.05, 0.1) is 13.2 Å². The molecule has 3 rings (SSSR count). The molecule has 0 aliphatic heterocycles. The maximum atomic E-state index is 12.3. The minimum Gasteiger partial charge on any atom is -0.434 e. The van der Waals surface area contributed by atoms with Crippen molar-refractivity contribution in [1.82, 2.24) is 0 Å². The molecule has 0 heterocycles. The molecule has 0 bridgehead atoms. The minimum absolute atomic E-state index is 0.177. The lowest BCUT2D eigenvalue weighted by molar-refractivity contribution is 0.0999. The van der Waals surface area contributed by atoms with Crippen molar-refractivity contribution < 1.29 is 28.5 Å². The van der Waals surface area contributed by atoms with Gasteiger partial charge >= 0.3 is 12.3 Å². The van der Waals surface area contributed by atoms with Crippen LogP contribution >= 0.6 is 0 Å². The van der Waals surface area contributed by atoms with E-state index in [4.69, 9.17) is 18.9 Å². The molecule has 0 unspecified atom stereocenters. The highest BCUT2D eigenvalue weighted by molar-refractivity contribution is 6.12. The van der Waals surface area contributed by atoms with Crippen molar-refractivity contribution in [2.45, 2.75) is 26.2 Å². The van der Waals surface area contributed by atoms with Crippen LogP contribution in [-0.4, -0.2) is 25.5 Å². The van der Waals surface area contributed by atoms with Gasteiger partial charge in [-0.15, -0.1) is 13.2 Å². The number of fused-ring (bicyclic) bond motifs is 2. The molecule has 0 aliphatic carbocycles. The molecule has 0 saturated carbocycles. The zero-order chi connectivity index (χ0) is 22.9. The second-order valence-corrected chi connectivity index (χ2v) is 6.99. The average molecular weight is 434 g/mol. The van der Waals surface area contributed by atoms with Crippen LogP contribution in [0.25, 0.3) is 21.5 Å². The number of rotatable bonds is 9. The topological polar surface area (TPSA) is 71.1 Å². The Labute approximate surface area is 187 Å². The summed E-state index contributed by atoms with van der Waals surface area (Å²) in [5.74, 6) is 0.691. The van der Waals surface area contributed by atoms with Crippen molar-refractivity contribution in [1.29, 1.82) is 0 Å². The molecular formula is C26H26O6. The van der Waals surface area contributed by atoms with E-state index in [-0.39, 0.29) is 13.2 Å². The zero-order valence-electron chi connectivity index (χ0n) is 18.1. The monoisotopic (exact) mass is 434 g/mol. The van der Waals surface area contributed by atoms with E-state index in [1.807, 2.05) is 37.3 Å². The molecule has 0 radical (unpaired) electrons. The Hall–Kier alpha value is -3.80. The summed E-state index contributed by atoms with van der Waals surface area (Å²) in [7, 11) is 0. The fourth-order valence-electron chi connectivity index (χ4n) is 3.26. The van der Waals surface area contributed by atoms with E-state index in [0.717, 1.165) is 12.0 Å². The Bertz CT molecular complexity index is 1150. The summed E-state index contributed by atoms with van der Waals surface area (Å²) >= 11 is 0. The normalized spacial score (nSPS) is 10.5. The predicted octanol–water partition coefficient (Wildman–Crippen LogP) is 6.74. The Kier molecular flexibility index (Phi) is 7.86. The van der Waals surface area contributed by atoms with E-state index in [0.29, 0.717) is 45.9 Å². The number of aryl methyl sites for hydroxylation is 1. The lowest BCUT2D eigenvalue weighted by Gasteiger charge is -2.17. The summed E-state index contributed by atoms with van der Waals surface area (Å²) in [5, 5.41) is 2.48. The molecule has 0 fully saturated rings. The van der Waals surface area contributed by atoms with Gasteiger partial charge in [-0.3, -0.25) is 0 Å². The standard InChI is InChI=1S/C26H26O6/c1-4-7-15-29-25(27)31-23-19-11-9-10-12-20(19)24(32-26(28)30-16-8-5-2)22-17-18(6-3)13-14-21(22)23/h4-5,9-14,17H,1-2,6-8,15-16H2,3H3. The number of carbonyl (C=O) groups excluding carboxylic acids is 2. The van der Waals surface area contributed by atoms with Crippen molar-refractivity contribution >= 4 is 33.9 Å². The van der Waals surface area contributed by atoms with E-state index in [1.54, 1.807) is 24.3 Å². The molecule has 0 atom stereocenters. The summed E-state index contributed by atoms with van der Waals surface area (Å²) in [6.45, 7) is 9.60. The molecular weight excluding hydrogens is 408 g/mol. The van der Waals surface area contributed by atoms with Crippen molar-refractivity contribution in [3.05, 3.63) is 73.3 Å². The molecule has 0 saturated heterocycles. The average Bonchev–Trinajstić information content (AvgIpc) is 2.81. The van der Waals surface area contributed by atoms with Crippen LogP contribution in [0, 0.1) is 0 Å². The van der Waals surface area contributed by atoms with Gasteiger partial charge in [-0.25, -0.2) is 9.59 Å². The predicted molar refractivity (Wildman–Crippen MR) is 124 cm³/mol. The Morgan fingerprint density at radius 1 is 0.781 bits per heavy atom. The maximum absolute atomic E-state index is 12.3. The van der Waals surface area contributed by atoms with Gasteiger partial charge in [0, 0.05) is 21.5 Å². The van der Waals surface area contributed by atoms with Crippen LogP contribution in [0.4, 0.5) is 9.59 Å². The zero-order valence-corrected chi connectivity index (χ0v) is 18.1. The van der Waals surface area contributed by atoms with Crippen LogP contribution in [0.3, 0.4) is 0 Å². The van der Waals surface area contributed by atoms with E-state index >= 15 is 0 Å². The van der Waals surface area contributed by atoms with Gasteiger partial charge in [0.25, 0.3) is 0 Å². The van der Waals surface area contributed by atoms with Crippen molar-refractivity contribution in [3.8, 4) is 11.5 Å². The van der Waals surface area contributed by atoms with Crippen LogP contribution in [0.1, 0.15) is 25.3 Å². The molecule has 3 aromatic rings. The fraction of sp³-hybridized carbons (Fsp3) is 0.231. The first-order valence-electron chi connectivity index (χ1n) is 10.5. The summed E-state index contributed by atoms with van der Waals surface area (Å²) in [5.41, 5.74) is 1.04. The summed E-state index contributed by atoms with van der Waals surface area (Å²) in [6.07, 6.45) is 3.53. The molecule has 0 spiro atoms. The molecule has 6 nitrogen and oxygen atoms in total. The Balaban J connectivity index is 2.11. The van der Waals surface area contributed by atoms with Crippen LogP contribution in [0.2, 0.25) is 0 Å². The number of carbonyl (C=O) groups is 2. The van der Waals surface area contributed by atoms with Crippen LogP contribution < -0.4 is 9.47 Å². The fourth-order valence-corrected chi connectivity index (χ4v) is 3.26. The van der Waals surface area contributed by atoms with Gasteiger partial charge in [0.1, 0.15) is 11.5 Å². The SMILES string of the molecule is C=CCCOC(=O)Oc1c2ccccc2c(OC(=O)OCCC=C)c2cc(CC)ccc12. The van der Waals surface area contributed by atoms with E-state index < -0.39 is 12.3 Å². The first kappa shape index (κ1) is 22.9. The van der Waals surface area contributed by atoms with Gasteiger partial charge in [0.2, 0.25) is 0 Å². The van der Waals surface area contributed by atoms with Crippen LogP contribution in [0.5, 0.6) is 11.5 Å². The van der Waals surface area contributed by atoms with Crippen LogP contribution in [0.15, 0.2) is 67.8 Å². The number of benzene rings is 3. The van der Waals surface area contributed by atoms with Gasteiger partial charge in [-0.2, -0.15) is 0 Å². The van der Waals surface area contributed by atoms with E-state index in [2.05, 4.69) is 13.2 Å². The third-order valence-electron chi connectivity index (χ3n) is 4.85. The molecule has 0 amide bonds. The largest absolute Gasteiger partial charge is 0.513 e. The molecule has 166 valence electrons. The number of hydrogen-bond donors (Lipinski definition) is 0. The highest BCUT2D eigenvalue weighted by Gasteiger charge is 2.21. The van der Waals surface area contributed by atoms with E-state index in [9.17, 15) is 9.59 Å². The Morgan fingerprint density at radius 2 is 1.28 bits per heavy atom. The molecule has 32 heavy (non-hydrogen) atoms. The molecule has 0 N–H and O–H groups in total. The summed E-state index contributed by atoms with van der Waals surface area (Å²) < 4.78 is 21.5. The van der Waals surface area contributed by atoms with Gasteiger partial charge < -0.3 is 18.9 Å². The third kappa shape index (κ3) is 5.27. The highest BCUT2D eigenvalue weighted by Crippen LogP contribution is 2.43. The van der Waals surface area contributed by atoms with E-state index in [1.165, 1.54) is 0 Å². The minimum atomic E-state index is -0.810. The lowest BCUT2D eigenvalue weighted by atomic mass is 9.98. The van der Waals surface area contributed by atoms with Crippen molar-refractivity contribution in [3.63, 3.8) is 0 Å². The maximum Gasteiger partial charge on any atom is 0.513 e. The Morgan fingerprint density at radius 3 is 1.78 bits per heavy atom. The molecule has 0 aliphatic rings. The van der Waals surface area contributed by atoms with Gasteiger partial charge in [-0.05, 0) is 30.9 Å². The second-order valence-electron chi connectivity index (χ2n) is 6.99. The number of hydrogen-bond acceptors (Lipinski definition) is 6. The summed E-state index contributed by atoms with van der Waals surface area (Å²) in [6, 6.07) is 12.9. The smallest absolute Gasteiger partial charge is 0.434 e.